The molecule has 1 unspecified atom stereocenters. The van der Waals surface area contributed by atoms with Gasteiger partial charge in [-0.25, -0.2) is 4.98 Å². The monoisotopic (exact) mass is 415 g/mol. The molecule has 2 amide bonds. The highest BCUT2D eigenvalue weighted by Gasteiger charge is 2.36. The molecule has 1 fully saturated rings. The number of aryl methyl sites for hydroxylation is 1. The van der Waals surface area contributed by atoms with E-state index in [1.165, 1.54) is 18.4 Å². The van der Waals surface area contributed by atoms with E-state index in [0.717, 1.165) is 15.8 Å². The van der Waals surface area contributed by atoms with E-state index >= 15 is 0 Å². The molecule has 8 heteroatoms. The quantitative estimate of drug-likeness (QED) is 0.691. The summed E-state index contributed by atoms with van der Waals surface area (Å²) in [5, 5.41) is 3.90. The number of amides is 2. The average molecular weight is 416 g/mol. The zero-order valence-corrected chi connectivity index (χ0v) is 16.9. The van der Waals surface area contributed by atoms with Crippen molar-refractivity contribution in [3.63, 3.8) is 0 Å². The highest BCUT2D eigenvalue weighted by molar-refractivity contribution is 7.22. The van der Waals surface area contributed by atoms with Gasteiger partial charge in [0.15, 0.2) is 5.13 Å². The second-order valence-corrected chi connectivity index (χ2v) is 8.17. The van der Waals surface area contributed by atoms with Crippen LogP contribution >= 0.6 is 22.9 Å². The third-order valence-electron chi connectivity index (χ3n) is 4.70. The maximum absolute atomic E-state index is 12.7. The first kappa shape index (κ1) is 18.7. The van der Waals surface area contributed by atoms with Gasteiger partial charge in [0.1, 0.15) is 5.75 Å². The van der Waals surface area contributed by atoms with Crippen molar-refractivity contribution in [3.05, 3.63) is 47.0 Å². The van der Waals surface area contributed by atoms with Gasteiger partial charge in [0.25, 0.3) is 0 Å². The van der Waals surface area contributed by atoms with Crippen LogP contribution in [0.15, 0.2) is 36.4 Å². The van der Waals surface area contributed by atoms with Gasteiger partial charge in [-0.15, -0.1) is 0 Å². The SMILES string of the molecule is COc1ccc(Cl)cc1N1CC(C(=O)Nc2nc3ccc(C)cc3s2)CC1=O. The van der Waals surface area contributed by atoms with Gasteiger partial charge in [0.05, 0.1) is 28.9 Å². The predicted octanol–water partition coefficient (Wildman–Crippen LogP) is 4.26. The molecule has 1 saturated heterocycles. The van der Waals surface area contributed by atoms with Crippen LogP contribution in [-0.4, -0.2) is 30.5 Å². The Morgan fingerprint density at radius 3 is 2.93 bits per heavy atom. The van der Waals surface area contributed by atoms with Gasteiger partial charge in [-0.1, -0.05) is 29.0 Å². The summed E-state index contributed by atoms with van der Waals surface area (Å²) in [6.45, 7) is 2.28. The van der Waals surface area contributed by atoms with Gasteiger partial charge in [0, 0.05) is 18.0 Å². The summed E-state index contributed by atoms with van der Waals surface area (Å²) >= 11 is 7.50. The third-order valence-corrected chi connectivity index (χ3v) is 5.87. The van der Waals surface area contributed by atoms with Gasteiger partial charge in [-0.2, -0.15) is 0 Å². The van der Waals surface area contributed by atoms with Crippen molar-refractivity contribution in [3.8, 4) is 5.75 Å². The number of nitrogens with one attached hydrogen (secondary N) is 1. The number of aromatic nitrogens is 1. The molecule has 1 aromatic heterocycles. The minimum Gasteiger partial charge on any atom is -0.495 e. The molecule has 0 bridgehead atoms. The fourth-order valence-electron chi connectivity index (χ4n) is 3.28. The number of rotatable bonds is 4. The van der Waals surface area contributed by atoms with Crippen LogP contribution < -0.4 is 15.0 Å². The highest BCUT2D eigenvalue weighted by Crippen LogP contribution is 2.36. The van der Waals surface area contributed by atoms with Crippen LogP contribution in [0.3, 0.4) is 0 Å². The Labute approximate surface area is 171 Å². The van der Waals surface area contributed by atoms with Gasteiger partial charge in [-0.3, -0.25) is 9.59 Å². The number of halogens is 1. The Balaban J connectivity index is 1.51. The molecule has 0 aliphatic carbocycles. The molecular formula is C20H18ClN3O3S. The van der Waals surface area contributed by atoms with E-state index < -0.39 is 5.92 Å². The topological polar surface area (TPSA) is 71.5 Å². The summed E-state index contributed by atoms with van der Waals surface area (Å²) in [4.78, 5) is 31.3. The van der Waals surface area contributed by atoms with Crippen LogP contribution in [0.4, 0.5) is 10.8 Å². The first-order valence-electron chi connectivity index (χ1n) is 8.76. The van der Waals surface area contributed by atoms with Crippen LogP contribution in [0.1, 0.15) is 12.0 Å². The maximum atomic E-state index is 12.7. The molecule has 1 aliphatic rings. The fourth-order valence-corrected chi connectivity index (χ4v) is 4.42. The number of hydrogen-bond donors (Lipinski definition) is 1. The summed E-state index contributed by atoms with van der Waals surface area (Å²) < 4.78 is 6.35. The van der Waals surface area contributed by atoms with Crippen molar-refractivity contribution >= 4 is 55.8 Å². The summed E-state index contributed by atoms with van der Waals surface area (Å²) in [7, 11) is 1.53. The Hall–Kier alpha value is -2.64. The number of ether oxygens (including phenoxy) is 1. The van der Waals surface area contributed by atoms with Crippen molar-refractivity contribution in [2.75, 3.05) is 23.9 Å². The molecule has 2 aromatic carbocycles. The molecule has 0 spiro atoms. The van der Waals surface area contributed by atoms with Crippen LogP contribution in [0.2, 0.25) is 5.02 Å². The summed E-state index contributed by atoms with van der Waals surface area (Å²) in [5.41, 5.74) is 2.56. The van der Waals surface area contributed by atoms with Crippen LogP contribution in [0, 0.1) is 12.8 Å². The van der Waals surface area contributed by atoms with Crippen LogP contribution in [0.5, 0.6) is 5.75 Å². The normalized spacial score (nSPS) is 16.6. The van der Waals surface area contributed by atoms with Crippen molar-refractivity contribution in [2.45, 2.75) is 13.3 Å². The fraction of sp³-hybridized carbons (Fsp3) is 0.250. The average Bonchev–Trinajstić information content (AvgIpc) is 3.24. The number of carbonyl (C=O) groups excluding carboxylic acids is 2. The number of anilines is 2. The number of carbonyl (C=O) groups is 2. The molecule has 6 nitrogen and oxygen atoms in total. The molecule has 1 N–H and O–H groups in total. The molecule has 4 rings (SSSR count). The van der Waals surface area contributed by atoms with E-state index in [2.05, 4.69) is 10.3 Å². The molecule has 2 heterocycles. The largest absolute Gasteiger partial charge is 0.495 e. The van der Waals surface area contributed by atoms with Crippen molar-refractivity contribution in [2.24, 2.45) is 5.92 Å². The Kier molecular flexibility index (Phi) is 4.95. The zero-order valence-electron chi connectivity index (χ0n) is 15.4. The molecule has 0 saturated carbocycles. The van der Waals surface area contributed by atoms with Crippen LogP contribution in [0.25, 0.3) is 10.2 Å². The number of methoxy groups -OCH3 is 1. The van der Waals surface area contributed by atoms with E-state index in [1.54, 1.807) is 23.1 Å². The van der Waals surface area contributed by atoms with Gasteiger partial charge in [0.2, 0.25) is 11.8 Å². The predicted molar refractivity (Wildman–Crippen MR) is 111 cm³/mol. The second-order valence-electron chi connectivity index (χ2n) is 6.70. The van der Waals surface area contributed by atoms with Crippen molar-refractivity contribution in [1.29, 1.82) is 0 Å². The van der Waals surface area contributed by atoms with E-state index in [4.69, 9.17) is 16.3 Å². The lowest BCUT2D eigenvalue weighted by atomic mass is 10.1. The second kappa shape index (κ2) is 7.41. The first-order valence-corrected chi connectivity index (χ1v) is 9.96. The van der Waals surface area contributed by atoms with E-state index in [-0.39, 0.29) is 24.8 Å². The molecule has 28 heavy (non-hydrogen) atoms. The Bertz CT molecular complexity index is 1080. The van der Waals surface area contributed by atoms with E-state index in [0.29, 0.717) is 21.6 Å². The number of nitrogens with zero attached hydrogens (tertiary/aromatic N) is 2. The molecule has 1 atom stereocenters. The summed E-state index contributed by atoms with van der Waals surface area (Å²) in [6.07, 6.45) is 0.130. The van der Waals surface area contributed by atoms with Gasteiger partial charge < -0.3 is 15.0 Å². The van der Waals surface area contributed by atoms with Crippen molar-refractivity contribution < 1.29 is 14.3 Å². The molecular weight excluding hydrogens is 398 g/mol. The Morgan fingerprint density at radius 2 is 2.14 bits per heavy atom. The van der Waals surface area contributed by atoms with Crippen LogP contribution in [-0.2, 0) is 9.59 Å². The smallest absolute Gasteiger partial charge is 0.231 e. The highest BCUT2D eigenvalue weighted by atomic mass is 35.5. The van der Waals surface area contributed by atoms with Gasteiger partial charge >= 0.3 is 0 Å². The van der Waals surface area contributed by atoms with E-state index in [1.807, 2.05) is 25.1 Å². The zero-order chi connectivity index (χ0) is 19.8. The lowest BCUT2D eigenvalue weighted by Gasteiger charge is -2.19. The lowest BCUT2D eigenvalue weighted by molar-refractivity contribution is -0.122. The molecule has 1 aliphatic heterocycles. The molecule has 3 aromatic rings. The number of thiazole rings is 1. The van der Waals surface area contributed by atoms with Crippen molar-refractivity contribution in [1.82, 2.24) is 4.98 Å². The number of benzene rings is 2. The standard InChI is InChI=1S/C20H18ClN3O3S/c1-11-3-5-14-17(7-11)28-20(22-14)23-19(26)12-8-18(25)24(10-12)15-9-13(21)4-6-16(15)27-2/h3-7,9,12H,8,10H2,1-2H3,(H,22,23,26). The lowest BCUT2D eigenvalue weighted by Crippen LogP contribution is -2.28. The van der Waals surface area contributed by atoms with Gasteiger partial charge in [-0.05, 0) is 42.8 Å². The van der Waals surface area contributed by atoms with E-state index in [9.17, 15) is 9.59 Å². The first-order chi connectivity index (χ1) is 13.4. The summed E-state index contributed by atoms with van der Waals surface area (Å²) in [6, 6.07) is 11.0. The summed E-state index contributed by atoms with van der Waals surface area (Å²) in [5.74, 6) is -0.279. The Morgan fingerprint density at radius 1 is 1.32 bits per heavy atom. The third kappa shape index (κ3) is 3.55. The molecule has 144 valence electrons. The maximum Gasteiger partial charge on any atom is 0.231 e. The minimum atomic E-state index is -0.468. The number of fused-ring (bicyclic) bond motifs is 1. The minimum absolute atomic E-state index is 0.130. The number of hydrogen-bond acceptors (Lipinski definition) is 5. The molecule has 0 radical (unpaired) electrons.